The summed E-state index contributed by atoms with van der Waals surface area (Å²) in [5, 5.41) is 5.89. The van der Waals surface area contributed by atoms with Gasteiger partial charge in [-0.1, -0.05) is 13.8 Å². The quantitative estimate of drug-likeness (QED) is 0.512. The fourth-order valence-electron chi connectivity index (χ4n) is 2.30. The number of nitrogens with one attached hydrogen (secondary N) is 2. The van der Waals surface area contributed by atoms with Crippen molar-refractivity contribution in [3.8, 4) is 11.5 Å². The zero-order valence-corrected chi connectivity index (χ0v) is 18.7. The molecule has 150 valence electrons. The van der Waals surface area contributed by atoms with E-state index in [0.717, 1.165) is 22.3 Å². The summed E-state index contributed by atoms with van der Waals surface area (Å²) in [6.45, 7) is 7.47. The molecule has 2 rings (SSSR count). The largest absolute Gasteiger partial charge is 0.494 e. The van der Waals surface area contributed by atoms with Crippen molar-refractivity contribution in [3.05, 3.63) is 52.5 Å². The van der Waals surface area contributed by atoms with E-state index in [-0.39, 0.29) is 11.0 Å². The summed E-state index contributed by atoms with van der Waals surface area (Å²) in [7, 11) is 0. The Morgan fingerprint density at radius 3 is 2.46 bits per heavy atom. The van der Waals surface area contributed by atoms with Gasteiger partial charge in [-0.25, -0.2) is 0 Å². The molecule has 0 aromatic heterocycles. The first-order chi connectivity index (χ1) is 13.4. The van der Waals surface area contributed by atoms with Crippen LogP contribution in [0.1, 0.15) is 37.6 Å². The fourth-order valence-corrected chi connectivity index (χ4v) is 3.01. The number of thiocarbonyl (C=S) groups is 1. The highest BCUT2D eigenvalue weighted by atomic mass is 79.9. The second kappa shape index (κ2) is 11.0. The SMILES string of the molecule is CCOc1ccc(NC(=S)NC(=O)c2ccc(OCCC(C)C)c(Br)c2)cc1. The lowest BCUT2D eigenvalue weighted by Crippen LogP contribution is -2.34. The van der Waals surface area contributed by atoms with Crippen LogP contribution in [0.25, 0.3) is 0 Å². The van der Waals surface area contributed by atoms with Crippen LogP contribution in [-0.4, -0.2) is 24.2 Å². The van der Waals surface area contributed by atoms with Crippen LogP contribution in [0.2, 0.25) is 0 Å². The Balaban J connectivity index is 1.90. The molecule has 0 aliphatic heterocycles. The maximum atomic E-state index is 12.4. The molecule has 7 heteroatoms. The summed E-state index contributed by atoms with van der Waals surface area (Å²) >= 11 is 8.68. The summed E-state index contributed by atoms with van der Waals surface area (Å²) in [4.78, 5) is 12.4. The van der Waals surface area contributed by atoms with Crippen molar-refractivity contribution in [3.63, 3.8) is 0 Å². The van der Waals surface area contributed by atoms with Crippen LogP contribution in [-0.2, 0) is 0 Å². The van der Waals surface area contributed by atoms with Gasteiger partial charge in [0.05, 0.1) is 17.7 Å². The van der Waals surface area contributed by atoms with Gasteiger partial charge in [-0.15, -0.1) is 0 Å². The van der Waals surface area contributed by atoms with Gasteiger partial charge in [0.15, 0.2) is 5.11 Å². The molecule has 0 spiro atoms. The van der Waals surface area contributed by atoms with Gasteiger partial charge in [-0.05, 0) is 89.9 Å². The van der Waals surface area contributed by atoms with Gasteiger partial charge in [-0.2, -0.15) is 0 Å². The van der Waals surface area contributed by atoms with E-state index in [9.17, 15) is 4.79 Å². The molecule has 2 aromatic rings. The first-order valence-corrected chi connectivity index (χ1v) is 10.4. The number of carbonyl (C=O) groups is 1. The Morgan fingerprint density at radius 2 is 1.86 bits per heavy atom. The summed E-state index contributed by atoms with van der Waals surface area (Å²) in [6, 6.07) is 12.6. The molecule has 0 atom stereocenters. The van der Waals surface area contributed by atoms with Crippen LogP contribution in [0.5, 0.6) is 11.5 Å². The maximum Gasteiger partial charge on any atom is 0.257 e. The second-order valence-corrected chi connectivity index (χ2v) is 7.80. The van der Waals surface area contributed by atoms with E-state index in [2.05, 4.69) is 40.4 Å². The first kappa shape index (κ1) is 22.2. The number of hydrogen-bond donors (Lipinski definition) is 2. The van der Waals surface area contributed by atoms with Crippen LogP contribution in [0.15, 0.2) is 46.9 Å². The Hall–Kier alpha value is -2.12. The first-order valence-electron chi connectivity index (χ1n) is 9.16. The molecule has 0 heterocycles. The van der Waals surface area contributed by atoms with Crippen LogP contribution in [0, 0.1) is 5.92 Å². The number of rotatable bonds is 8. The lowest BCUT2D eigenvalue weighted by atomic mass is 10.1. The van der Waals surface area contributed by atoms with E-state index in [1.807, 2.05) is 31.2 Å². The van der Waals surface area contributed by atoms with E-state index in [0.29, 0.717) is 30.4 Å². The number of carbonyl (C=O) groups excluding carboxylic acids is 1. The van der Waals surface area contributed by atoms with Gasteiger partial charge < -0.3 is 14.8 Å². The predicted octanol–water partition coefficient (Wildman–Crippen LogP) is 5.40. The second-order valence-electron chi connectivity index (χ2n) is 6.54. The lowest BCUT2D eigenvalue weighted by molar-refractivity contribution is 0.0977. The van der Waals surface area contributed by atoms with Crippen LogP contribution < -0.4 is 20.1 Å². The molecule has 0 unspecified atom stereocenters. The molecule has 0 radical (unpaired) electrons. The zero-order valence-electron chi connectivity index (χ0n) is 16.3. The van der Waals surface area contributed by atoms with Gasteiger partial charge in [0.25, 0.3) is 5.91 Å². The third kappa shape index (κ3) is 7.13. The molecule has 0 saturated heterocycles. The third-order valence-electron chi connectivity index (χ3n) is 3.80. The normalized spacial score (nSPS) is 10.5. The lowest BCUT2D eigenvalue weighted by Gasteiger charge is -2.12. The molecule has 1 amide bonds. The van der Waals surface area contributed by atoms with Gasteiger partial charge in [0.2, 0.25) is 0 Å². The average molecular weight is 465 g/mol. The number of anilines is 1. The van der Waals surface area contributed by atoms with Crippen molar-refractivity contribution in [2.24, 2.45) is 5.92 Å². The minimum absolute atomic E-state index is 0.225. The van der Waals surface area contributed by atoms with Crippen molar-refractivity contribution in [1.82, 2.24) is 5.32 Å². The van der Waals surface area contributed by atoms with Crippen LogP contribution >= 0.6 is 28.1 Å². The van der Waals surface area contributed by atoms with E-state index in [1.165, 1.54) is 0 Å². The minimum atomic E-state index is -0.294. The molecular formula is C21H25BrN2O3S. The number of hydrogen-bond acceptors (Lipinski definition) is 4. The molecule has 2 N–H and O–H groups in total. The summed E-state index contributed by atoms with van der Waals surface area (Å²) in [6.07, 6.45) is 0.972. The Labute approximate surface area is 179 Å². The summed E-state index contributed by atoms with van der Waals surface area (Å²) in [5.41, 5.74) is 1.25. The molecular weight excluding hydrogens is 440 g/mol. The molecule has 0 aliphatic rings. The Kier molecular flexibility index (Phi) is 8.73. The number of amides is 1. The number of benzene rings is 2. The van der Waals surface area contributed by atoms with E-state index in [4.69, 9.17) is 21.7 Å². The third-order valence-corrected chi connectivity index (χ3v) is 4.62. The van der Waals surface area contributed by atoms with Gasteiger partial charge in [0.1, 0.15) is 11.5 Å². The molecule has 0 aliphatic carbocycles. The number of ether oxygens (including phenoxy) is 2. The Morgan fingerprint density at radius 1 is 1.14 bits per heavy atom. The fraction of sp³-hybridized carbons (Fsp3) is 0.333. The minimum Gasteiger partial charge on any atom is -0.494 e. The van der Waals surface area contributed by atoms with Gasteiger partial charge in [0, 0.05) is 11.3 Å². The molecule has 28 heavy (non-hydrogen) atoms. The van der Waals surface area contributed by atoms with Crippen LogP contribution in [0.3, 0.4) is 0 Å². The van der Waals surface area contributed by atoms with Crippen molar-refractivity contribution in [1.29, 1.82) is 0 Å². The van der Waals surface area contributed by atoms with Gasteiger partial charge >= 0.3 is 0 Å². The van der Waals surface area contributed by atoms with Gasteiger partial charge in [-0.3, -0.25) is 10.1 Å². The maximum absolute atomic E-state index is 12.4. The topological polar surface area (TPSA) is 59.6 Å². The average Bonchev–Trinajstić information content (AvgIpc) is 2.64. The van der Waals surface area contributed by atoms with Crippen molar-refractivity contribution < 1.29 is 14.3 Å². The highest BCUT2D eigenvalue weighted by Crippen LogP contribution is 2.26. The molecule has 5 nitrogen and oxygen atoms in total. The molecule has 0 saturated carbocycles. The highest BCUT2D eigenvalue weighted by Gasteiger charge is 2.11. The highest BCUT2D eigenvalue weighted by molar-refractivity contribution is 9.10. The van der Waals surface area contributed by atoms with Crippen LogP contribution in [0.4, 0.5) is 5.69 Å². The van der Waals surface area contributed by atoms with E-state index >= 15 is 0 Å². The standard InChI is InChI=1S/C21H25BrN2O3S/c1-4-26-17-8-6-16(7-9-17)23-21(28)24-20(25)15-5-10-19(18(22)13-15)27-12-11-14(2)3/h5-10,13-14H,4,11-12H2,1-3H3,(H2,23,24,25,28). The molecule has 0 fully saturated rings. The van der Waals surface area contributed by atoms with Crippen molar-refractivity contribution in [2.75, 3.05) is 18.5 Å². The monoisotopic (exact) mass is 464 g/mol. The van der Waals surface area contributed by atoms with E-state index < -0.39 is 0 Å². The number of halogens is 1. The summed E-state index contributed by atoms with van der Waals surface area (Å²) < 4.78 is 11.9. The van der Waals surface area contributed by atoms with E-state index in [1.54, 1.807) is 18.2 Å². The van der Waals surface area contributed by atoms with Crippen molar-refractivity contribution in [2.45, 2.75) is 27.2 Å². The summed E-state index contributed by atoms with van der Waals surface area (Å²) in [5.74, 6) is 1.78. The molecule has 0 bridgehead atoms. The Bertz CT molecular complexity index is 810. The predicted molar refractivity (Wildman–Crippen MR) is 120 cm³/mol. The zero-order chi connectivity index (χ0) is 20.5. The van der Waals surface area contributed by atoms with Crippen molar-refractivity contribution >= 4 is 44.9 Å². The smallest absolute Gasteiger partial charge is 0.257 e. The molecule has 2 aromatic carbocycles.